The third-order valence-electron chi connectivity index (χ3n) is 6.02. The van der Waals surface area contributed by atoms with E-state index in [0.29, 0.717) is 17.4 Å². The largest absolute Gasteiger partial charge is 0.480 e. The molecule has 1 aliphatic heterocycles. The molecule has 5 rings (SSSR count). The smallest absolute Gasteiger partial charge is 0.325 e. The zero-order valence-corrected chi connectivity index (χ0v) is 17.9. The molecule has 166 valence electrons. The van der Waals surface area contributed by atoms with E-state index < -0.39 is 5.97 Å². The molecule has 0 radical (unpaired) electrons. The number of hydrogen-bond acceptors (Lipinski definition) is 7. The van der Waals surface area contributed by atoms with Crippen molar-refractivity contribution in [3.05, 3.63) is 54.0 Å². The SMILES string of the molecule is CCN1CC(Oc2nn(CC(=O)O)cc2-c2cnc(NC3Cc4ccccc4C3)nc2)C1. The number of hydrogen-bond donors (Lipinski definition) is 2. The summed E-state index contributed by atoms with van der Waals surface area (Å²) in [5.41, 5.74) is 4.17. The van der Waals surface area contributed by atoms with Crippen molar-refractivity contribution in [3.63, 3.8) is 0 Å². The average Bonchev–Trinajstić information content (AvgIpc) is 3.33. The van der Waals surface area contributed by atoms with E-state index in [0.717, 1.165) is 38.0 Å². The van der Waals surface area contributed by atoms with Crippen LogP contribution < -0.4 is 10.1 Å². The molecule has 9 nitrogen and oxygen atoms in total. The quantitative estimate of drug-likeness (QED) is 0.555. The van der Waals surface area contributed by atoms with E-state index in [1.165, 1.54) is 15.8 Å². The van der Waals surface area contributed by atoms with E-state index in [9.17, 15) is 4.79 Å². The molecule has 1 saturated heterocycles. The number of nitrogens with one attached hydrogen (secondary N) is 1. The van der Waals surface area contributed by atoms with E-state index in [4.69, 9.17) is 9.84 Å². The fourth-order valence-electron chi connectivity index (χ4n) is 4.31. The molecule has 0 bridgehead atoms. The number of likely N-dealkylation sites (tertiary alicyclic amines) is 1. The predicted octanol–water partition coefficient (Wildman–Crippen LogP) is 2.09. The number of likely N-dealkylation sites (N-methyl/N-ethyl adjacent to an activating group) is 1. The van der Waals surface area contributed by atoms with Crippen LogP contribution in [0.2, 0.25) is 0 Å². The molecule has 1 fully saturated rings. The van der Waals surface area contributed by atoms with E-state index in [2.05, 4.69) is 56.5 Å². The highest BCUT2D eigenvalue weighted by Gasteiger charge is 2.29. The van der Waals surface area contributed by atoms with E-state index in [1.54, 1.807) is 18.6 Å². The van der Waals surface area contributed by atoms with Gasteiger partial charge >= 0.3 is 5.97 Å². The number of carbonyl (C=O) groups is 1. The van der Waals surface area contributed by atoms with Gasteiger partial charge in [-0.25, -0.2) is 9.97 Å². The molecule has 0 saturated carbocycles. The van der Waals surface area contributed by atoms with Crippen LogP contribution in [0.3, 0.4) is 0 Å². The summed E-state index contributed by atoms with van der Waals surface area (Å²) in [5.74, 6) is 0.0341. The van der Waals surface area contributed by atoms with Crippen molar-refractivity contribution in [3.8, 4) is 17.0 Å². The first-order chi connectivity index (χ1) is 15.6. The van der Waals surface area contributed by atoms with Crippen molar-refractivity contribution in [1.29, 1.82) is 0 Å². The molecule has 3 heterocycles. The van der Waals surface area contributed by atoms with Crippen molar-refractivity contribution in [2.24, 2.45) is 0 Å². The fourth-order valence-corrected chi connectivity index (χ4v) is 4.31. The number of nitrogens with zero attached hydrogens (tertiary/aromatic N) is 5. The van der Waals surface area contributed by atoms with Gasteiger partial charge in [-0.1, -0.05) is 31.2 Å². The highest BCUT2D eigenvalue weighted by Crippen LogP contribution is 2.30. The molecule has 2 aliphatic rings. The molecule has 3 aromatic rings. The number of anilines is 1. The lowest BCUT2D eigenvalue weighted by molar-refractivity contribution is -0.137. The van der Waals surface area contributed by atoms with Gasteiger partial charge < -0.3 is 15.2 Å². The Bertz CT molecular complexity index is 1080. The number of fused-ring (bicyclic) bond motifs is 1. The fraction of sp³-hybridized carbons (Fsp3) is 0.391. The minimum atomic E-state index is -0.959. The lowest BCUT2D eigenvalue weighted by Gasteiger charge is -2.37. The molecule has 2 aromatic heterocycles. The Labute approximate surface area is 186 Å². The van der Waals surface area contributed by atoms with Gasteiger partial charge in [-0.3, -0.25) is 14.4 Å². The van der Waals surface area contributed by atoms with Crippen LogP contribution in [0.1, 0.15) is 18.1 Å². The topological polar surface area (TPSA) is 105 Å². The van der Waals surface area contributed by atoms with Gasteiger partial charge in [-0.2, -0.15) is 0 Å². The third kappa shape index (κ3) is 4.29. The van der Waals surface area contributed by atoms with Crippen LogP contribution in [0.25, 0.3) is 11.1 Å². The van der Waals surface area contributed by atoms with Crippen LogP contribution in [0, 0.1) is 0 Å². The number of carboxylic acids is 1. The average molecular weight is 435 g/mol. The van der Waals surface area contributed by atoms with Crippen LogP contribution in [0.4, 0.5) is 5.95 Å². The number of aliphatic carboxylic acids is 1. The third-order valence-corrected chi connectivity index (χ3v) is 6.02. The predicted molar refractivity (Wildman–Crippen MR) is 119 cm³/mol. The molecule has 0 amide bonds. The summed E-state index contributed by atoms with van der Waals surface area (Å²) in [6, 6.07) is 8.74. The summed E-state index contributed by atoms with van der Waals surface area (Å²) in [5, 5.41) is 16.9. The van der Waals surface area contributed by atoms with Gasteiger partial charge in [0.2, 0.25) is 11.8 Å². The summed E-state index contributed by atoms with van der Waals surface area (Å²) < 4.78 is 7.45. The summed E-state index contributed by atoms with van der Waals surface area (Å²) in [7, 11) is 0. The maximum Gasteiger partial charge on any atom is 0.325 e. The number of ether oxygens (including phenoxy) is 1. The van der Waals surface area contributed by atoms with Gasteiger partial charge in [0.1, 0.15) is 12.6 Å². The molecular weight excluding hydrogens is 408 g/mol. The number of carboxylic acid groups (broad SMARTS) is 1. The molecule has 9 heteroatoms. The Balaban J connectivity index is 1.30. The normalized spacial score (nSPS) is 16.5. The van der Waals surface area contributed by atoms with Gasteiger partial charge in [-0.15, -0.1) is 5.10 Å². The monoisotopic (exact) mass is 434 g/mol. The van der Waals surface area contributed by atoms with Crippen molar-refractivity contribution in [2.75, 3.05) is 25.0 Å². The van der Waals surface area contributed by atoms with E-state index in [1.807, 2.05) is 0 Å². The first-order valence-corrected chi connectivity index (χ1v) is 10.9. The second kappa shape index (κ2) is 8.58. The van der Waals surface area contributed by atoms with Crippen LogP contribution >= 0.6 is 0 Å². The van der Waals surface area contributed by atoms with Crippen LogP contribution in [-0.2, 0) is 24.2 Å². The first kappa shape index (κ1) is 20.4. The highest BCUT2D eigenvalue weighted by molar-refractivity contribution is 5.69. The summed E-state index contributed by atoms with van der Waals surface area (Å²) in [6.07, 6.45) is 7.10. The van der Waals surface area contributed by atoms with Crippen LogP contribution in [-0.4, -0.2) is 67.5 Å². The van der Waals surface area contributed by atoms with Crippen LogP contribution in [0.5, 0.6) is 5.88 Å². The second-order valence-corrected chi connectivity index (χ2v) is 8.34. The van der Waals surface area contributed by atoms with Crippen molar-refractivity contribution in [1.82, 2.24) is 24.6 Å². The zero-order chi connectivity index (χ0) is 22.1. The van der Waals surface area contributed by atoms with E-state index >= 15 is 0 Å². The summed E-state index contributed by atoms with van der Waals surface area (Å²) in [4.78, 5) is 22.4. The van der Waals surface area contributed by atoms with Gasteiger partial charge in [0, 0.05) is 43.3 Å². The molecular formula is C23H26N6O3. The number of rotatable bonds is 8. The maximum absolute atomic E-state index is 11.1. The summed E-state index contributed by atoms with van der Waals surface area (Å²) >= 11 is 0. The molecule has 32 heavy (non-hydrogen) atoms. The van der Waals surface area contributed by atoms with Crippen molar-refractivity contribution in [2.45, 2.75) is 38.5 Å². The highest BCUT2D eigenvalue weighted by atomic mass is 16.5. The zero-order valence-electron chi connectivity index (χ0n) is 17.9. The number of aromatic nitrogens is 4. The lowest BCUT2D eigenvalue weighted by atomic mass is 10.1. The Morgan fingerprint density at radius 1 is 1.19 bits per heavy atom. The number of benzene rings is 1. The second-order valence-electron chi connectivity index (χ2n) is 8.34. The standard InChI is InChI=1S/C23H26N6O3/c1-2-28-11-19(12-28)32-22-20(13-29(27-22)14-21(30)31)17-9-24-23(25-10-17)26-18-7-15-5-3-4-6-16(15)8-18/h3-6,9-10,13,18-19H,2,7-8,11-12,14H2,1H3,(H,30,31)(H,24,25,26). The minimum absolute atomic E-state index is 0.0488. The molecule has 0 spiro atoms. The molecule has 1 aromatic carbocycles. The van der Waals surface area contributed by atoms with E-state index in [-0.39, 0.29) is 18.7 Å². The van der Waals surface area contributed by atoms with Gasteiger partial charge in [0.25, 0.3) is 0 Å². The molecule has 1 aliphatic carbocycles. The Hall–Kier alpha value is -3.46. The molecule has 0 unspecified atom stereocenters. The Morgan fingerprint density at radius 2 is 1.88 bits per heavy atom. The van der Waals surface area contributed by atoms with Crippen molar-refractivity contribution < 1.29 is 14.6 Å². The lowest BCUT2D eigenvalue weighted by Crippen LogP contribution is -2.53. The summed E-state index contributed by atoms with van der Waals surface area (Å²) in [6.45, 7) is 4.54. The van der Waals surface area contributed by atoms with Gasteiger partial charge in [-0.05, 0) is 30.5 Å². The molecule has 2 N–H and O–H groups in total. The van der Waals surface area contributed by atoms with Crippen LogP contribution in [0.15, 0.2) is 42.9 Å². The van der Waals surface area contributed by atoms with Gasteiger partial charge in [0.05, 0.1) is 5.56 Å². The van der Waals surface area contributed by atoms with Gasteiger partial charge in [0.15, 0.2) is 0 Å². The van der Waals surface area contributed by atoms with Crippen molar-refractivity contribution >= 4 is 11.9 Å². The first-order valence-electron chi connectivity index (χ1n) is 10.9. The minimum Gasteiger partial charge on any atom is -0.480 e. The Kier molecular flexibility index (Phi) is 5.48. The maximum atomic E-state index is 11.1. The Morgan fingerprint density at radius 3 is 2.50 bits per heavy atom. The molecule has 0 atom stereocenters.